The average molecular weight is 439 g/mol. The second kappa shape index (κ2) is 9.29. The number of hydrogen-bond donors (Lipinski definition) is 0. The van der Waals surface area contributed by atoms with Crippen molar-refractivity contribution in [2.45, 2.75) is 33.7 Å². The molecule has 0 spiro atoms. The number of hydrogen-bond acceptors (Lipinski definition) is 5. The van der Waals surface area contributed by atoms with Crippen molar-refractivity contribution >= 4 is 35.2 Å². The largest absolute Gasteiger partial charge is 0.442 e. The van der Waals surface area contributed by atoms with Crippen LogP contribution in [0, 0.1) is 25.2 Å². The van der Waals surface area contributed by atoms with Gasteiger partial charge in [-0.1, -0.05) is 41.4 Å². The Hall–Kier alpha value is -2.88. The van der Waals surface area contributed by atoms with Crippen molar-refractivity contribution < 1.29 is 4.74 Å². The second-order valence-electron chi connectivity index (χ2n) is 7.35. The minimum atomic E-state index is 0.352. The molecule has 3 aromatic rings. The molecule has 0 atom stereocenters. The van der Waals surface area contributed by atoms with E-state index in [9.17, 15) is 5.26 Å². The van der Waals surface area contributed by atoms with E-state index in [4.69, 9.17) is 16.3 Å². The minimum absolute atomic E-state index is 0.352. The summed E-state index contributed by atoms with van der Waals surface area (Å²) >= 11 is 7.60. The first-order valence-corrected chi connectivity index (χ1v) is 10.7. The maximum Gasteiger partial charge on any atom is 0.218 e. The van der Waals surface area contributed by atoms with Crippen LogP contribution in [0.25, 0.3) is 11.3 Å². The lowest BCUT2D eigenvalue weighted by atomic mass is 10.1. The fraction of sp³-hybridized carbons (Fsp3) is 0.261. The smallest absolute Gasteiger partial charge is 0.218 e. The van der Waals surface area contributed by atoms with Gasteiger partial charge in [0, 0.05) is 30.2 Å². The summed E-state index contributed by atoms with van der Waals surface area (Å²) in [6.45, 7) is 8.15. The zero-order chi connectivity index (χ0) is 21.8. The van der Waals surface area contributed by atoms with E-state index in [-0.39, 0.29) is 0 Å². The van der Waals surface area contributed by atoms with Crippen LogP contribution in [0.2, 0.25) is 5.02 Å². The lowest BCUT2D eigenvalue weighted by Gasteiger charge is -2.17. The van der Waals surface area contributed by atoms with Gasteiger partial charge in [-0.3, -0.25) is 0 Å². The molecule has 5 nitrogen and oxygen atoms in total. The number of aryl methyl sites for hydroxylation is 2. The molecule has 0 saturated carbocycles. The summed E-state index contributed by atoms with van der Waals surface area (Å²) < 4.78 is 10.4. The Morgan fingerprint density at radius 1 is 1.23 bits per heavy atom. The monoisotopic (exact) mass is 438 g/mol. The summed E-state index contributed by atoms with van der Waals surface area (Å²) in [5.74, 6) is 0.473. The number of benzene rings is 2. The summed E-state index contributed by atoms with van der Waals surface area (Å²) in [5.41, 5.74) is 4.73. The highest BCUT2D eigenvalue weighted by molar-refractivity contribution is 7.08. The quantitative estimate of drug-likeness (QED) is 0.315. The van der Waals surface area contributed by atoms with E-state index in [0.29, 0.717) is 33.1 Å². The molecule has 1 heterocycles. The Balaban J connectivity index is 1.89. The summed E-state index contributed by atoms with van der Waals surface area (Å²) in [6, 6.07) is 14.1. The lowest BCUT2D eigenvalue weighted by Crippen LogP contribution is -2.24. The normalized spacial score (nSPS) is 11.1. The minimum Gasteiger partial charge on any atom is -0.442 e. The molecule has 154 valence electrons. The van der Waals surface area contributed by atoms with Gasteiger partial charge in [0.15, 0.2) is 0 Å². The molecular formula is C23H23ClN4OS. The SMILES string of the molecule is Cc1ccc(-c2nsc(Oc3cc(C)c(/N=C\N(C)C(C)C)cc3Cl)c2C#N)cc1. The Labute approximate surface area is 186 Å². The van der Waals surface area contributed by atoms with E-state index in [1.165, 1.54) is 0 Å². The van der Waals surface area contributed by atoms with E-state index in [0.717, 1.165) is 33.9 Å². The maximum atomic E-state index is 9.70. The Bertz CT molecular complexity index is 1110. The molecule has 0 unspecified atom stereocenters. The molecule has 0 aliphatic rings. The zero-order valence-corrected chi connectivity index (χ0v) is 19.2. The van der Waals surface area contributed by atoms with Gasteiger partial charge in [0.2, 0.25) is 5.06 Å². The van der Waals surface area contributed by atoms with E-state index in [2.05, 4.69) is 29.3 Å². The van der Waals surface area contributed by atoms with Gasteiger partial charge in [-0.15, -0.1) is 0 Å². The van der Waals surface area contributed by atoms with Crippen LogP contribution in [0.3, 0.4) is 0 Å². The molecule has 0 amide bonds. The zero-order valence-electron chi connectivity index (χ0n) is 17.6. The Kier molecular flexibility index (Phi) is 6.76. The van der Waals surface area contributed by atoms with Crippen molar-refractivity contribution in [3.63, 3.8) is 0 Å². The highest BCUT2D eigenvalue weighted by Gasteiger charge is 2.19. The molecule has 2 aromatic carbocycles. The topological polar surface area (TPSA) is 61.5 Å². The van der Waals surface area contributed by atoms with Crippen molar-refractivity contribution in [2.75, 3.05) is 7.05 Å². The predicted molar refractivity (Wildman–Crippen MR) is 124 cm³/mol. The van der Waals surface area contributed by atoms with Crippen LogP contribution in [-0.4, -0.2) is 28.7 Å². The average Bonchev–Trinajstić information content (AvgIpc) is 3.12. The molecule has 3 rings (SSSR count). The van der Waals surface area contributed by atoms with Crippen LogP contribution >= 0.6 is 23.1 Å². The van der Waals surface area contributed by atoms with Crippen LogP contribution < -0.4 is 4.74 Å². The second-order valence-corrected chi connectivity index (χ2v) is 8.49. The third-order valence-corrected chi connectivity index (χ3v) is 5.77. The molecule has 30 heavy (non-hydrogen) atoms. The first-order chi connectivity index (χ1) is 14.3. The summed E-state index contributed by atoms with van der Waals surface area (Å²) in [6.07, 6.45) is 1.79. The van der Waals surface area contributed by atoms with Gasteiger partial charge < -0.3 is 9.64 Å². The summed E-state index contributed by atoms with van der Waals surface area (Å²) in [4.78, 5) is 6.53. The molecule has 0 N–H and O–H groups in total. The van der Waals surface area contributed by atoms with Gasteiger partial charge in [-0.25, -0.2) is 4.99 Å². The summed E-state index contributed by atoms with van der Waals surface area (Å²) in [5, 5.41) is 10.5. The molecular weight excluding hydrogens is 416 g/mol. The number of ether oxygens (including phenoxy) is 1. The van der Waals surface area contributed by atoms with Gasteiger partial charge in [0.1, 0.15) is 23.1 Å². The van der Waals surface area contributed by atoms with Crippen molar-refractivity contribution in [2.24, 2.45) is 4.99 Å². The number of aliphatic imine (C=N–C) groups is 1. The third kappa shape index (κ3) is 4.81. The van der Waals surface area contributed by atoms with Crippen LogP contribution in [0.15, 0.2) is 41.4 Å². The van der Waals surface area contributed by atoms with Gasteiger partial charge in [0.05, 0.1) is 17.0 Å². The lowest BCUT2D eigenvalue weighted by molar-refractivity contribution is 0.429. The molecule has 0 radical (unpaired) electrons. The molecule has 0 fully saturated rings. The molecule has 0 saturated heterocycles. The van der Waals surface area contributed by atoms with Crippen LogP contribution in [0.1, 0.15) is 30.5 Å². The molecule has 7 heteroatoms. The van der Waals surface area contributed by atoms with Crippen molar-refractivity contribution in [3.05, 3.63) is 58.1 Å². The number of nitrogens with zero attached hydrogens (tertiary/aromatic N) is 4. The molecule has 1 aromatic heterocycles. The van der Waals surface area contributed by atoms with E-state index in [1.54, 1.807) is 12.4 Å². The maximum absolute atomic E-state index is 9.70. The summed E-state index contributed by atoms with van der Waals surface area (Å²) in [7, 11) is 1.97. The fourth-order valence-corrected chi connectivity index (χ4v) is 3.53. The van der Waals surface area contributed by atoms with Crippen molar-refractivity contribution in [1.29, 1.82) is 5.26 Å². The Morgan fingerprint density at radius 3 is 2.57 bits per heavy atom. The standard InChI is InChI=1S/C23H23ClN4OS/c1-14(2)28(5)13-26-20-11-19(24)21(10-16(20)4)29-23-18(12-25)22(27-30-23)17-8-6-15(3)7-9-17/h6-11,13-14H,1-5H3/b26-13-. The molecule has 0 aliphatic heterocycles. The highest BCUT2D eigenvalue weighted by Crippen LogP contribution is 2.40. The number of halogens is 1. The van der Waals surface area contributed by atoms with Crippen LogP contribution in [-0.2, 0) is 0 Å². The van der Waals surface area contributed by atoms with Gasteiger partial charge >= 0.3 is 0 Å². The van der Waals surface area contributed by atoms with Crippen molar-refractivity contribution in [1.82, 2.24) is 9.27 Å². The van der Waals surface area contributed by atoms with Gasteiger partial charge in [-0.05, 0) is 45.4 Å². The van der Waals surface area contributed by atoms with Crippen LogP contribution in [0.4, 0.5) is 5.69 Å². The molecule has 0 aliphatic carbocycles. The van der Waals surface area contributed by atoms with Gasteiger partial charge in [-0.2, -0.15) is 9.64 Å². The van der Waals surface area contributed by atoms with Gasteiger partial charge in [0.25, 0.3) is 0 Å². The first kappa shape index (κ1) is 21.8. The predicted octanol–water partition coefficient (Wildman–Crippen LogP) is 6.74. The molecule has 0 bridgehead atoms. The van der Waals surface area contributed by atoms with E-state index in [1.807, 2.05) is 56.1 Å². The highest BCUT2D eigenvalue weighted by atomic mass is 35.5. The van der Waals surface area contributed by atoms with Crippen LogP contribution in [0.5, 0.6) is 10.8 Å². The van der Waals surface area contributed by atoms with Crippen molar-refractivity contribution in [3.8, 4) is 28.1 Å². The number of aromatic nitrogens is 1. The third-order valence-electron chi connectivity index (χ3n) is 4.74. The first-order valence-electron chi connectivity index (χ1n) is 9.51. The number of nitriles is 1. The van der Waals surface area contributed by atoms with E-state index >= 15 is 0 Å². The number of rotatable bonds is 6. The fourth-order valence-electron chi connectivity index (χ4n) is 2.60. The van der Waals surface area contributed by atoms with E-state index < -0.39 is 0 Å². The Morgan fingerprint density at radius 2 is 1.93 bits per heavy atom.